The monoisotopic (exact) mass is 317 g/mol. The van der Waals surface area contributed by atoms with Gasteiger partial charge in [0.1, 0.15) is 6.04 Å². The van der Waals surface area contributed by atoms with Crippen molar-refractivity contribution < 1.29 is 9.90 Å². The topological polar surface area (TPSA) is 63.3 Å². The Balaban J connectivity index is 0.00000361. The van der Waals surface area contributed by atoms with E-state index < -0.39 is 12.0 Å². The summed E-state index contributed by atoms with van der Waals surface area (Å²) in [7, 11) is 0. The fourth-order valence-corrected chi connectivity index (χ4v) is 2.66. The Bertz CT molecular complexity index is 428. The Kier molecular flexibility index (Phi) is 7.63. The number of rotatable bonds is 5. The third kappa shape index (κ3) is 5.73. The highest BCUT2D eigenvalue weighted by molar-refractivity contribution is 7.99. The molecule has 0 saturated carbocycles. The van der Waals surface area contributed by atoms with Crippen molar-refractivity contribution in [1.82, 2.24) is 0 Å². The zero-order valence-electron chi connectivity index (χ0n) is 12.4. The summed E-state index contributed by atoms with van der Waals surface area (Å²) >= 11 is 1.57. The number of aliphatic carboxylic acids is 1. The zero-order valence-corrected chi connectivity index (χ0v) is 14.1. The molecule has 1 rings (SSSR count). The predicted octanol–water partition coefficient (Wildman–Crippen LogP) is 3.61. The van der Waals surface area contributed by atoms with Crippen LogP contribution in [0, 0.1) is 0 Å². The standard InChI is InChI=1S/C15H23NO2S.ClH/c1-10(19-9-13(16)14(17)18)11-5-7-12(8-6-11)15(2,3)4;/h5-8,10,13H,9,16H2,1-4H3,(H,17,18);1H/t10?,13-;/m0./s1. The fourth-order valence-electron chi connectivity index (χ4n) is 1.67. The van der Waals surface area contributed by atoms with Crippen LogP contribution in [0.4, 0.5) is 0 Å². The maximum absolute atomic E-state index is 10.7. The molecule has 2 atom stereocenters. The minimum atomic E-state index is -0.942. The number of halogens is 1. The van der Waals surface area contributed by atoms with Gasteiger partial charge in [-0.25, -0.2) is 0 Å². The highest BCUT2D eigenvalue weighted by atomic mass is 35.5. The van der Waals surface area contributed by atoms with Crippen molar-refractivity contribution in [3.63, 3.8) is 0 Å². The zero-order chi connectivity index (χ0) is 14.6. The van der Waals surface area contributed by atoms with Crippen molar-refractivity contribution >= 4 is 30.1 Å². The third-order valence-electron chi connectivity index (χ3n) is 3.09. The van der Waals surface area contributed by atoms with Gasteiger partial charge in [0.15, 0.2) is 0 Å². The summed E-state index contributed by atoms with van der Waals surface area (Å²) < 4.78 is 0. The van der Waals surface area contributed by atoms with Crippen molar-refractivity contribution in [3.05, 3.63) is 35.4 Å². The first-order valence-corrected chi connectivity index (χ1v) is 7.47. The molecule has 0 radical (unpaired) electrons. The van der Waals surface area contributed by atoms with Crippen molar-refractivity contribution in [2.24, 2.45) is 5.73 Å². The van der Waals surface area contributed by atoms with Gasteiger partial charge >= 0.3 is 5.97 Å². The van der Waals surface area contributed by atoms with E-state index >= 15 is 0 Å². The van der Waals surface area contributed by atoms with Crippen LogP contribution in [0.15, 0.2) is 24.3 Å². The van der Waals surface area contributed by atoms with Crippen molar-refractivity contribution in [3.8, 4) is 0 Å². The molecular weight excluding hydrogens is 294 g/mol. The first-order chi connectivity index (χ1) is 8.71. The molecule has 0 aliphatic heterocycles. The Morgan fingerprint density at radius 1 is 1.30 bits per heavy atom. The summed E-state index contributed by atoms with van der Waals surface area (Å²) in [4.78, 5) is 10.7. The number of benzene rings is 1. The minimum Gasteiger partial charge on any atom is -0.480 e. The highest BCUT2D eigenvalue weighted by Gasteiger charge is 2.16. The summed E-state index contributed by atoms with van der Waals surface area (Å²) in [6, 6.07) is 7.73. The Morgan fingerprint density at radius 2 is 1.80 bits per heavy atom. The highest BCUT2D eigenvalue weighted by Crippen LogP contribution is 2.30. The summed E-state index contributed by atoms with van der Waals surface area (Å²) in [5.74, 6) is -0.514. The third-order valence-corrected chi connectivity index (χ3v) is 4.41. The van der Waals surface area contributed by atoms with Gasteiger partial charge in [0.05, 0.1) is 0 Å². The predicted molar refractivity (Wildman–Crippen MR) is 88.9 cm³/mol. The Morgan fingerprint density at radius 3 is 2.20 bits per heavy atom. The summed E-state index contributed by atoms with van der Waals surface area (Å²) in [6.07, 6.45) is 0. The molecular formula is C15H24ClNO2S. The van der Waals surface area contributed by atoms with Crippen LogP contribution in [0.1, 0.15) is 44.1 Å². The van der Waals surface area contributed by atoms with E-state index in [0.29, 0.717) is 5.75 Å². The maximum Gasteiger partial charge on any atom is 0.321 e. The van der Waals surface area contributed by atoms with Crippen LogP contribution in [-0.2, 0) is 10.2 Å². The molecule has 0 aliphatic rings. The second-order valence-corrected chi connectivity index (χ2v) is 7.17. The van der Waals surface area contributed by atoms with E-state index in [9.17, 15) is 4.79 Å². The number of thioether (sulfide) groups is 1. The van der Waals surface area contributed by atoms with Gasteiger partial charge in [-0.2, -0.15) is 11.8 Å². The van der Waals surface area contributed by atoms with Crippen molar-refractivity contribution in [1.29, 1.82) is 0 Å². The van der Waals surface area contributed by atoms with Crippen molar-refractivity contribution in [2.75, 3.05) is 5.75 Å². The van der Waals surface area contributed by atoms with E-state index in [1.54, 1.807) is 11.8 Å². The molecule has 0 aromatic heterocycles. The SMILES string of the molecule is CC(SC[C@H](N)C(=O)O)c1ccc(C(C)(C)C)cc1.Cl. The molecule has 0 heterocycles. The Labute approximate surface area is 131 Å². The van der Waals surface area contributed by atoms with Gasteiger partial charge in [-0.1, -0.05) is 45.0 Å². The second-order valence-electron chi connectivity index (χ2n) is 5.79. The fraction of sp³-hybridized carbons (Fsp3) is 0.533. The van der Waals surface area contributed by atoms with Crippen LogP contribution in [0.25, 0.3) is 0 Å². The number of hydrogen-bond donors (Lipinski definition) is 2. The molecule has 20 heavy (non-hydrogen) atoms. The number of hydrogen-bond acceptors (Lipinski definition) is 3. The van der Waals surface area contributed by atoms with Gasteiger partial charge in [-0.3, -0.25) is 4.79 Å². The van der Waals surface area contributed by atoms with E-state index in [1.807, 2.05) is 0 Å². The van der Waals surface area contributed by atoms with E-state index in [1.165, 1.54) is 11.1 Å². The molecule has 3 nitrogen and oxygen atoms in total. The van der Waals surface area contributed by atoms with Gasteiger partial charge in [0.25, 0.3) is 0 Å². The lowest BCUT2D eigenvalue weighted by atomic mass is 9.86. The molecule has 1 aromatic carbocycles. The van der Waals surface area contributed by atoms with Crippen LogP contribution < -0.4 is 5.73 Å². The molecule has 1 unspecified atom stereocenters. The molecule has 3 N–H and O–H groups in total. The van der Waals surface area contributed by atoms with Gasteiger partial charge in [-0.05, 0) is 23.5 Å². The number of carboxylic acids is 1. The van der Waals surface area contributed by atoms with E-state index in [4.69, 9.17) is 10.8 Å². The normalized spacial score (nSPS) is 14.2. The molecule has 0 bridgehead atoms. The number of carboxylic acid groups (broad SMARTS) is 1. The number of nitrogens with two attached hydrogens (primary N) is 1. The molecule has 5 heteroatoms. The molecule has 114 valence electrons. The summed E-state index contributed by atoms with van der Waals surface area (Å²) in [5.41, 5.74) is 8.16. The van der Waals surface area contributed by atoms with Crippen molar-refractivity contribution in [2.45, 2.75) is 44.4 Å². The molecule has 1 aromatic rings. The van der Waals surface area contributed by atoms with Gasteiger partial charge in [-0.15, -0.1) is 12.4 Å². The average molecular weight is 318 g/mol. The van der Waals surface area contributed by atoms with Crippen LogP contribution >= 0.6 is 24.2 Å². The van der Waals surface area contributed by atoms with E-state index in [0.717, 1.165) is 0 Å². The second kappa shape index (κ2) is 7.91. The molecule has 0 amide bonds. The molecule has 0 fully saturated rings. The minimum absolute atomic E-state index is 0. The maximum atomic E-state index is 10.7. The average Bonchev–Trinajstić information content (AvgIpc) is 2.34. The first kappa shape index (κ1) is 19.3. The smallest absolute Gasteiger partial charge is 0.321 e. The first-order valence-electron chi connectivity index (χ1n) is 6.42. The summed E-state index contributed by atoms with van der Waals surface area (Å²) in [6.45, 7) is 8.63. The van der Waals surface area contributed by atoms with Crippen LogP contribution in [0.3, 0.4) is 0 Å². The molecule has 0 aliphatic carbocycles. The van der Waals surface area contributed by atoms with Gasteiger partial charge in [0, 0.05) is 11.0 Å². The quantitative estimate of drug-likeness (QED) is 0.870. The van der Waals surface area contributed by atoms with Crippen LogP contribution in [0.5, 0.6) is 0 Å². The van der Waals surface area contributed by atoms with Gasteiger partial charge < -0.3 is 10.8 Å². The van der Waals surface area contributed by atoms with Gasteiger partial charge in [0.2, 0.25) is 0 Å². The summed E-state index contributed by atoms with van der Waals surface area (Å²) in [5, 5.41) is 9.00. The lowest BCUT2D eigenvalue weighted by molar-refractivity contribution is -0.137. The van der Waals surface area contributed by atoms with Crippen LogP contribution in [-0.4, -0.2) is 22.9 Å². The number of carbonyl (C=O) groups is 1. The molecule has 0 spiro atoms. The van der Waals surface area contributed by atoms with E-state index in [2.05, 4.69) is 52.0 Å². The lowest BCUT2D eigenvalue weighted by Gasteiger charge is -2.20. The molecule has 0 saturated heterocycles. The Hall–Kier alpha value is -0.710. The van der Waals surface area contributed by atoms with E-state index in [-0.39, 0.29) is 23.1 Å². The largest absolute Gasteiger partial charge is 0.480 e. The lowest BCUT2D eigenvalue weighted by Crippen LogP contribution is -2.32. The van der Waals surface area contributed by atoms with Crippen LogP contribution in [0.2, 0.25) is 0 Å².